The maximum absolute atomic E-state index is 13.3. The molecular weight excluding hydrogens is 323 g/mol. The summed E-state index contributed by atoms with van der Waals surface area (Å²) in [5, 5.41) is 3.10. The summed E-state index contributed by atoms with van der Waals surface area (Å²) in [5.41, 5.74) is 1.30. The summed E-state index contributed by atoms with van der Waals surface area (Å²) in [6, 6.07) is 9.45. The summed E-state index contributed by atoms with van der Waals surface area (Å²) in [7, 11) is 0. The standard InChI is InChI=1S/C17H12F3NO3/c1-9-13-8-10(18)2-7-14(13)24-15(9)16(22)21-11-3-5-12(6-4-11)23-17(19)20/h2-8,17H,1H3,(H,21,22). The molecule has 24 heavy (non-hydrogen) atoms. The Morgan fingerprint density at radius 2 is 1.88 bits per heavy atom. The summed E-state index contributed by atoms with van der Waals surface area (Å²) in [6.45, 7) is -1.26. The van der Waals surface area contributed by atoms with Crippen LogP contribution in [0.2, 0.25) is 0 Å². The highest BCUT2D eigenvalue weighted by Gasteiger charge is 2.18. The van der Waals surface area contributed by atoms with Crippen molar-refractivity contribution in [3.8, 4) is 5.75 Å². The summed E-state index contributed by atoms with van der Waals surface area (Å²) < 4.78 is 47.2. The number of carbonyl (C=O) groups is 1. The van der Waals surface area contributed by atoms with Gasteiger partial charge in [-0.1, -0.05) is 0 Å². The van der Waals surface area contributed by atoms with Crippen LogP contribution in [0, 0.1) is 12.7 Å². The fourth-order valence-electron chi connectivity index (χ4n) is 2.32. The van der Waals surface area contributed by atoms with Crippen LogP contribution in [0.3, 0.4) is 0 Å². The molecule has 1 heterocycles. The number of anilines is 1. The van der Waals surface area contributed by atoms with Gasteiger partial charge in [0, 0.05) is 16.6 Å². The molecule has 4 nitrogen and oxygen atoms in total. The van der Waals surface area contributed by atoms with Crippen molar-refractivity contribution >= 4 is 22.6 Å². The maximum Gasteiger partial charge on any atom is 0.387 e. The highest BCUT2D eigenvalue weighted by Crippen LogP contribution is 2.27. The van der Waals surface area contributed by atoms with E-state index in [1.54, 1.807) is 6.92 Å². The van der Waals surface area contributed by atoms with Crippen LogP contribution in [-0.2, 0) is 0 Å². The van der Waals surface area contributed by atoms with Gasteiger partial charge in [0.1, 0.15) is 17.1 Å². The monoisotopic (exact) mass is 335 g/mol. The average molecular weight is 335 g/mol. The van der Waals surface area contributed by atoms with Gasteiger partial charge in [0.25, 0.3) is 5.91 Å². The van der Waals surface area contributed by atoms with Gasteiger partial charge in [-0.2, -0.15) is 8.78 Å². The molecule has 0 saturated heterocycles. The van der Waals surface area contributed by atoms with Crippen molar-refractivity contribution < 1.29 is 27.1 Å². The molecular formula is C17H12F3NO3. The number of carbonyl (C=O) groups excluding carboxylic acids is 1. The Kier molecular flexibility index (Phi) is 4.16. The number of fused-ring (bicyclic) bond motifs is 1. The van der Waals surface area contributed by atoms with Crippen molar-refractivity contribution in [2.75, 3.05) is 5.32 Å². The van der Waals surface area contributed by atoms with Gasteiger partial charge < -0.3 is 14.5 Å². The number of hydrogen-bond acceptors (Lipinski definition) is 3. The van der Waals surface area contributed by atoms with Crippen LogP contribution in [-0.4, -0.2) is 12.5 Å². The van der Waals surface area contributed by atoms with E-state index in [9.17, 15) is 18.0 Å². The summed E-state index contributed by atoms with van der Waals surface area (Å²) in [6.07, 6.45) is 0. The molecule has 0 unspecified atom stereocenters. The van der Waals surface area contributed by atoms with Gasteiger partial charge in [0.15, 0.2) is 5.76 Å². The molecule has 2 aromatic carbocycles. The Hall–Kier alpha value is -2.96. The zero-order valence-electron chi connectivity index (χ0n) is 12.5. The molecule has 0 atom stereocenters. The van der Waals surface area contributed by atoms with E-state index >= 15 is 0 Å². The van der Waals surface area contributed by atoms with E-state index in [-0.39, 0.29) is 11.5 Å². The minimum Gasteiger partial charge on any atom is -0.451 e. The zero-order chi connectivity index (χ0) is 17.3. The first-order chi connectivity index (χ1) is 11.4. The molecule has 1 aromatic heterocycles. The lowest BCUT2D eigenvalue weighted by Gasteiger charge is -2.06. The number of ether oxygens (including phenoxy) is 1. The summed E-state index contributed by atoms with van der Waals surface area (Å²) in [5.74, 6) is -0.901. The first-order valence-corrected chi connectivity index (χ1v) is 6.99. The van der Waals surface area contributed by atoms with Gasteiger partial charge in [0.2, 0.25) is 0 Å². The van der Waals surface area contributed by atoms with Gasteiger partial charge in [0.05, 0.1) is 0 Å². The topological polar surface area (TPSA) is 51.5 Å². The van der Waals surface area contributed by atoms with Gasteiger partial charge in [-0.15, -0.1) is 0 Å². The predicted molar refractivity (Wildman–Crippen MR) is 81.9 cm³/mol. The number of furan rings is 1. The fourth-order valence-corrected chi connectivity index (χ4v) is 2.32. The highest BCUT2D eigenvalue weighted by molar-refractivity contribution is 6.06. The average Bonchev–Trinajstić information content (AvgIpc) is 2.86. The Morgan fingerprint density at radius 1 is 1.17 bits per heavy atom. The minimum absolute atomic E-state index is 0.0154. The first kappa shape index (κ1) is 15.9. The van der Waals surface area contributed by atoms with Crippen LogP contribution >= 0.6 is 0 Å². The molecule has 0 saturated carbocycles. The molecule has 0 aliphatic carbocycles. The van der Waals surface area contributed by atoms with Crippen LogP contribution < -0.4 is 10.1 Å². The zero-order valence-corrected chi connectivity index (χ0v) is 12.5. The van der Waals surface area contributed by atoms with Gasteiger partial charge >= 0.3 is 6.61 Å². The summed E-state index contributed by atoms with van der Waals surface area (Å²) in [4.78, 5) is 12.3. The number of nitrogens with one attached hydrogen (secondary N) is 1. The predicted octanol–water partition coefficient (Wildman–Crippen LogP) is 4.73. The van der Waals surface area contributed by atoms with Crippen LogP contribution in [0.5, 0.6) is 5.75 Å². The Morgan fingerprint density at radius 3 is 2.54 bits per heavy atom. The van der Waals surface area contributed by atoms with E-state index in [0.717, 1.165) is 0 Å². The van der Waals surface area contributed by atoms with E-state index in [1.165, 1.54) is 42.5 Å². The lowest BCUT2D eigenvalue weighted by Crippen LogP contribution is -2.12. The largest absolute Gasteiger partial charge is 0.451 e. The Bertz CT molecular complexity index is 888. The molecule has 0 aliphatic heterocycles. The molecule has 0 spiro atoms. The quantitative estimate of drug-likeness (QED) is 0.749. The molecule has 7 heteroatoms. The van der Waals surface area contributed by atoms with E-state index in [0.29, 0.717) is 22.2 Å². The highest BCUT2D eigenvalue weighted by atomic mass is 19.3. The van der Waals surface area contributed by atoms with Crippen LogP contribution in [0.25, 0.3) is 11.0 Å². The first-order valence-electron chi connectivity index (χ1n) is 6.99. The van der Waals surface area contributed by atoms with Gasteiger partial charge in [-0.25, -0.2) is 4.39 Å². The molecule has 3 aromatic rings. The van der Waals surface area contributed by atoms with E-state index < -0.39 is 18.3 Å². The lowest BCUT2D eigenvalue weighted by molar-refractivity contribution is -0.0498. The molecule has 124 valence electrons. The van der Waals surface area contributed by atoms with Crippen molar-refractivity contribution in [1.82, 2.24) is 0 Å². The molecule has 0 fully saturated rings. The number of benzene rings is 2. The number of amides is 1. The number of aryl methyl sites for hydroxylation is 1. The van der Waals surface area contributed by atoms with Crippen molar-refractivity contribution in [3.05, 3.63) is 59.6 Å². The molecule has 1 N–H and O–H groups in total. The van der Waals surface area contributed by atoms with E-state index in [4.69, 9.17) is 4.42 Å². The molecule has 0 aliphatic rings. The van der Waals surface area contributed by atoms with Crippen molar-refractivity contribution in [1.29, 1.82) is 0 Å². The second-order valence-corrected chi connectivity index (χ2v) is 5.05. The van der Waals surface area contributed by atoms with Crippen LogP contribution in [0.15, 0.2) is 46.9 Å². The van der Waals surface area contributed by atoms with Gasteiger partial charge in [-0.05, 0) is 49.4 Å². The summed E-state index contributed by atoms with van der Waals surface area (Å²) >= 11 is 0. The van der Waals surface area contributed by atoms with Crippen molar-refractivity contribution in [3.63, 3.8) is 0 Å². The Balaban J connectivity index is 1.81. The molecule has 1 amide bonds. The maximum atomic E-state index is 13.3. The third-order valence-electron chi connectivity index (χ3n) is 3.44. The second kappa shape index (κ2) is 6.27. The molecule has 0 bridgehead atoms. The number of hydrogen-bond donors (Lipinski definition) is 1. The van der Waals surface area contributed by atoms with Crippen molar-refractivity contribution in [2.45, 2.75) is 13.5 Å². The Labute approximate surface area is 134 Å². The second-order valence-electron chi connectivity index (χ2n) is 5.05. The number of alkyl halides is 2. The smallest absolute Gasteiger partial charge is 0.387 e. The normalized spacial score (nSPS) is 11.0. The van der Waals surface area contributed by atoms with E-state index in [2.05, 4.69) is 10.1 Å². The third kappa shape index (κ3) is 3.19. The minimum atomic E-state index is -2.91. The van der Waals surface area contributed by atoms with Crippen LogP contribution in [0.4, 0.5) is 18.9 Å². The fraction of sp³-hybridized carbons (Fsp3) is 0.118. The van der Waals surface area contributed by atoms with E-state index in [1.807, 2.05) is 0 Å². The lowest BCUT2D eigenvalue weighted by atomic mass is 10.1. The van der Waals surface area contributed by atoms with Crippen LogP contribution in [0.1, 0.15) is 16.1 Å². The molecule has 0 radical (unpaired) electrons. The van der Waals surface area contributed by atoms with Gasteiger partial charge in [-0.3, -0.25) is 4.79 Å². The van der Waals surface area contributed by atoms with Crippen molar-refractivity contribution in [2.24, 2.45) is 0 Å². The SMILES string of the molecule is Cc1c(C(=O)Nc2ccc(OC(F)F)cc2)oc2ccc(F)cc12. The number of rotatable bonds is 4. The molecule has 3 rings (SSSR count). The third-order valence-corrected chi connectivity index (χ3v) is 3.44. The number of halogens is 3.